The molecule has 0 radical (unpaired) electrons. The number of carbonyl (C=O) groups excluding carboxylic acids is 1. The third kappa shape index (κ3) is 4.49. The van der Waals surface area contributed by atoms with E-state index >= 15 is 0 Å². The molecule has 4 aromatic rings. The third-order valence-corrected chi connectivity index (χ3v) is 5.17. The molecule has 0 bridgehead atoms. The lowest BCUT2D eigenvalue weighted by Crippen LogP contribution is -2.35. The fraction of sp³-hybridized carbons (Fsp3) is 0.0952. The van der Waals surface area contributed by atoms with Gasteiger partial charge in [-0.2, -0.15) is 0 Å². The molecule has 0 atom stereocenters. The lowest BCUT2D eigenvalue weighted by Gasteiger charge is -2.22. The maximum atomic E-state index is 13.1. The second kappa shape index (κ2) is 8.24. The van der Waals surface area contributed by atoms with Crippen LogP contribution >= 0.6 is 11.3 Å². The van der Waals surface area contributed by atoms with Gasteiger partial charge in [0.1, 0.15) is 11.6 Å². The Morgan fingerprint density at radius 2 is 1.86 bits per heavy atom. The predicted molar refractivity (Wildman–Crippen MR) is 111 cm³/mol. The standard InChI is InChI=1S/C21H17FN4O2S/c22-14-7-9-15(10-8-14)23-21(28)26(12-16-4-3-11-29-16)13-19-24-18-6-2-1-5-17(18)20(27)25-19/h1-11H,12-13H2,(H,23,28)(H,24,25,27). The molecule has 0 unspecified atom stereocenters. The highest BCUT2D eigenvalue weighted by molar-refractivity contribution is 7.09. The quantitative estimate of drug-likeness (QED) is 0.515. The van der Waals surface area contributed by atoms with Gasteiger partial charge >= 0.3 is 6.03 Å². The molecule has 0 aliphatic rings. The van der Waals surface area contributed by atoms with Gasteiger partial charge in [0.25, 0.3) is 5.56 Å². The molecule has 146 valence electrons. The summed E-state index contributed by atoms with van der Waals surface area (Å²) in [5, 5.41) is 5.19. The van der Waals surface area contributed by atoms with Crippen LogP contribution in [-0.2, 0) is 13.1 Å². The molecule has 2 amide bonds. The van der Waals surface area contributed by atoms with E-state index in [2.05, 4.69) is 15.3 Å². The summed E-state index contributed by atoms with van der Waals surface area (Å²) in [5.74, 6) is 0.0101. The van der Waals surface area contributed by atoms with E-state index in [1.165, 1.54) is 35.6 Å². The van der Waals surface area contributed by atoms with Crippen LogP contribution in [0.3, 0.4) is 0 Å². The van der Waals surface area contributed by atoms with Crippen LogP contribution in [-0.4, -0.2) is 20.9 Å². The van der Waals surface area contributed by atoms with Gasteiger partial charge in [0, 0.05) is 10.6 Å². The number of aromatic amines is 1. The minimum atomic E-state index is -0.378. The molecule has 8 heteroatoms. The molecule has 2 heterocycles. The molecule has 0 aliphatic heterocycles. The summed E-state index contributed by atoms with van der Waals surface area (Å²) in [7, 11) is 0. The van der Waals surface area contributed by atoms with Crippen LogP contribution in [0.15, 0.2) is 70.8 Å². The number of urea groups is 1. The largest absolute Gasteiger partial charge is 0.322 e. The maximum absolute atomic E-state index is 13.1. The van der Waals surface area contributed by atoms with Gasteiger partial charge in [-0.05, 0) is 47.8 Å². The minimum absolute atomic E-state index is 0.116. The number of nitrogens with zero attached hydrogens (tertiary/aromatic N) is 2. The third-order valence-electron chi connectivity index (χ3n) is 4.31. The Morgan fingerprint density at radius 1 is 1.07 bits per heavy atom. The summed E-state index contributed by atoms with van der Waals surface area (Å²) in [6.07, 6.45) is 0. The molecule has 4 rings (SSSR count). The number of carbonyl (C=O) groups is 1. The summed E-state index contributed by atoms with van der Waals surface area (Å²) in [5.41, 5.74) is 0.800. The molecule has 2 aromatic carbocycles. The van der Waals surface area contributed by atoms with Crippen molar-refractivity contribution in [1.29, 1.82) is 0 Å². The number of hydrogen-bond acceptors (Lipinski definition) is 4. The summed E-state index contributed by atoms with van der Waals surface area (Å²) >= 11 is 1.53. The highest BCUT2D eigenvalue weighted by Crippen LogP contribution is 2.16. The number of nitrogens with one attached hydrogen (secondary N) is 2. The van der Waals surface area contributed by atoms with Crippen molar-refractivity contribution < 1.29 is 9.18 Å². The Morgan fingerprint density at radius 3 is 2.62 bits per heavy atom. The van der Waals surface area contributed by atoms with E-state index in [0.717, 1.165) is 4.88 Å². The molecule has 2 N–H and O–H groups in total. The maximum Gasteiger partial charge on any atom is 0.322 e. The zero-order valence-electron chi connectivity index (χ0n) is 15.3. The Labute approximate surface area is 169 Å². The van der Waals surface area contributed by atoms with Crippen molar-refractivity contribution in [3.8, 4) is 0 Å². The van der Waals surface area contributed by atoms with Crippen LogP contribution in [0.2, 0.25) is 0 Å². The molecule has 0 aliphatic carbocycles. The van der Waals surface area contributed by atoms with Crippen LogP contribution < -0.4 is 10.9 Å². The first-order valence-electron chi connectivity index (χ1n) is 8.90. The van der Waals surface area contributed by atoms with Gasteiger partial charge in [-0.25, -0.2) is 14.2 Å². The number of anilines is 1. The first kappa shape index (κ1) is 18.8. The first-order chi connectivity index (χ1) is 14.1. The van der Waals surface area contributed by atoms with Crippen molar-refractivity contribution in [3.63, 3.8) is 0 Å². The predicted octanol–water partition coefficient (Wildman–Crippen LogP) is 4.36. The minimum Gasteiger partial charge on any atom is -0.312 e. The lowest BCUT2D eigenvalue weighted by atomic mass is 10.2. The average Bonchev–Trinajstić information content (AvgIpc) is 3.22. The summed E-state index contributed by atoms with van der Waals surface area (Å²) < 4.78 is 13.1. The van der Waals surface area contributed by atoms with Crippen molar-refractivity contribution in [2.24, 2.45) is 0 Å². The van der Waals surface area contributed by atoms with Crippen LogP contribution in [0.25, 0.3) is 10.9 Å². The fourth-order valence-electron chi connectivity index (χ4n) is 2.92. The van der Waals surface area contributed by atoms with E-state index in [1.807, 2.05) is 23.6 Å². The normalized spacial score (nSPS) is 10.8. The van der Waals surface area contributed by atoms with Crippen molar-refractivity contribution in [2.75, 3.05) is 5.32 Å². The highest BCUT2D eigenvalue weighted by atomic mass is 32.1. The number of fused-ring (bicyclic) bond motifs is 1. The SMILES string of the molecule is O=C(Nc1ccc(F)cc1)N(Cc1nc2ccccc2c(=O)[nH]1)Cc1cccs1. The van der Waals surface area contributed by atoms with Crippen molar-refractivity contribution in [3.05, 3.63) is 92.9 Å². The topological polar surface area (TPSA) is 78.1 Å². The van der Waals surface area contributed by atoms with Gasteiger partial charge in [0.05, 0.1) is 24.0 Å². The zero-order valence-corrected chi connectivity index (χ0v) is 16.1. The van der Waals surface area contributed by atoms with Crippen molar-refractivity contribution in [1.82, 2.24) is 14.9 Å². The summed E-state index contributed by atoms with van der Waals surface area (Å²) in [6, 6.07) is 16.1. The number of hydrogen-bond donors (Lipinski definition) is 2. The van der Waals surface area contributed by atoms with E-state index < -0.39 is 0 Å². The fourth-order valence-corrected chi connectivity index (χ4v) is 3.64. The number of halogens is 1. The average molecular weight is 408 g/mol. The molecule has 0 saturated heterocycles. The van der Waals surface area contributed by atoms with Crippen LogP contribution in [0.5, 0.6) is 0 Å². The Balaban J connectivity index is 1.60. The Bertz CT molecular complexity index is 1190. The molecule has 29 heavy (non-hydrogen) atoms. The van der Waals surface area contributed by atoms with Gasteiger partial charge in [-0.15, -0.1) is 11.3 Å². The molecule has 6 nitrogen and oxygen atoms in total. The van der Waals surface area contributed by atoms with E-state index in [0.29, 0.717) is 29.0 Å². The van der Waals surface area contributed by atoms with Gasteiger partial charge < -0.3 is 15.2 Å². The monoisotopic (exact) mass is 408 g/mol. The summed E-state index contributed by atoms with van der Waals surface area (Å²) in [6.45, 7) is 0.465. The molecule has 2 aromatic heterocycles. The van der Waals surface area contributed by atoms with Crippen LogP contribution in [0, 0.1) is 5.82 Å². The summed E-state index contributed by atoms with van der Waals surface area (Å²) in [4.78, 5) is 35.0. The highest BCUT2D eigenvalue weighted by Gasteiger charge is 2.17. The zero-order chi connectivity index (χ0) is 20.2. The van der Waals surface area contributed by atoms with Crippen LogP contribution in [0.4, 0.5) is 14.9 Å². The van der Waals surface area contributed by atoms with Gasteiger partial charge in [-0.3, -0.25) is 4.79 Å². The Hall–Kier alpha value is -3.52. The number of benzene rings is 2. The van der Waals surface area contributed by atoms with Crippen molar-refractivity contribution >= 4 is 34.0 Å². The number of amides is 2. The lowest BCUT2D eigenvalue weighted by molar-refractivity contribution is 0.205. The second-order valence-electron chi connectivity index (χ2n) is 6.40. The number of thiophene rings is 1. The molecule has 0 spiro atoms. The van der Waals surface area contributed by atoms with Crippen molar-refractivity contribution in [2.45, 2.75) is 13.1 Å². The number of para-hydroxylation sites is 1. The van der Waals surface area contributed by atoms with Gasteiger partial charge in [0.15, 0.2) is 0 Å². The van der Waals surface area contributed by atoms with E-state index in [1.54, 1.807) is 23.1 Å². The molecule has 0 saturated carbocycles. The number of aromatic nitrogens is 2. The second-order valence-corrected chi connectivity index (χ2v) is 7.43. The molecule has 0 fully saturated rings. The smallest absolute Gasteiger partial charge is 0.312 e. The first-order valence-corrected chi connectivity index (χ1v) is 9.78. The van der Waals surface area contributed by atoms with E-state index in [4.69, 9.17) is 0 Å². The van der Waals surface area contributed by atoms with Gasteiger partial charge in [-0.1, -0.05) is 18.2 Å². The van der Waals surface area contributed by atoms with Gasteiger partial charge in [0.2, 0.25) is 0 Å². The molecular formula is C21H17FN4O2S. The van der Waals surface area contributed by atoms with E-state index in [9.17, 15) is 14.0 Å². The Kier molecular flexibility index (Phi) is 5.35. The van der Waals surface area contributed by atoms with Crippen LogP contribution in [0.1, 0.15) is 10.7 Å². The number of H-pyrrole nitrogens is 1. The van der Waals surface area contributed by atoms with E-state index in [-0.39, 0.29) is 24.0 Å². The number of rotatable bonds is 5. The molecular weight excluding hydrogens is 391 g/mol.